The predicted octanol–water partition coefficient (Wildman–Crippen LogP) is 1.38. The molecule has 0 aromatic carbocycles. The van der Waals surface area contributed by atoms with Crippen LogP contribution in [0.3, 0.4) is 0 Å². The average Bonchev–Trinajstić information content (AvgIpc) is 2.97. The zero-order valence-electron chi connectivity index (χ0n) is 18.5. The van der Waals surface area contributed by atoms with Crippen molar-refractivity contribution in [2.24, 2.45) is 46.3 Å². The molecule has 8 atom stereocenters. The normalized spacial score (nSPS) is 46.0. The first-order chi connectivity index (χ1) is 12.8. The van der Waals surface area contributed by atoms with E-state index in [0.717, 1.165) is 12.8 Å². The molecule has 3 unspecified atom stereocenters. The summed E-state index contributed by atoms with van der Waals surface area (Å²) in [6.07, 6.45) is 11.7. The summed E-state index contributed by atoms with van der Waals surface area (Å²) < 4.78 is 0. The van der Waals surface area contributed by atoms with Crippen LogP contribution in [-0.2, 0) is 9.59 Å². The summed E-state index contributed by atoms with van der Waals surface area (Å²) in [5.41, 5.74) is 0.608. The molecule has 0 aliphatic heterocycles. The molecule has 0 spiro atoms. The van der Waals surface area contributed by atoms with E-state index in [1.807, 2.05) is 0 Å². The van der Waals surface area contributed by atoms with Crippen LogP contribution in [0.1, 0.15) is 91.4 Å². The van der Waals surface area contributed by atoms with Gasteiger partial charge in [-0.15, -0.1) is 0 Å². The number of carboxylic acid groups (broad SMARTS) is 1. The number of aliphatic carboxylic acids is 1. The summed E-state index contributed by atoms with van der Waals surface area (Å²) in [6.45, 7) is 7.18. The topological polar surface area (TPSA) is 57.2 Å². The smallest absolute Gasteiger partial charge is 0.550 e. The van der Waals surface area contributed by atoms with E-state index in [2.05, 4.69) is 20.8 Å². The van der Waals surface area contributed by atoms with Crippen LogP contribution in [0, 0.1) is 46.3 Å². The van der Waals surface area contributed by atoms with Gasteiger partial charge in [0.2, 0.25) is 0 Å². The first-order valence-electron chi connectivity index (χ1n) is 11.5. The summed E-state index contributed by atoms with van der Waals surface area (Å²) in [5.74, 6) is 2.65. The van der Waals surface area contributed by atoms with Gasteiger partial charge in [0.1, 0.15) is 5.78 Å². The van der Waals surface area contributed by atoms with Crippen molar-refractivity contribution in [3.63, 3.8) is 0 Å². The molecule has 4 saturated carbocycles. The third-order valence-electron chi connectivity index (χ3n) is 9.95. The Hall–Kier alpha value is 0.776. The minimum absolute atomic E-state index is 0. The van der Waals surface area contributed by atoms with Gasteiger partial charge >= 0.3 is 51.4 Å². The number of hydrogen-bond donors (Lipinski definition) is 0. The Balaban J connectivity index is 0.00000225. The molecule has 4 aliphatic carbocycles. The predicted molar refractivity (Wildman–Crippen MR) is 104 cm³/mol. The van der Waals surface area contributed by atoms with Gasteiger partial charge in [-0.05, 0) is 91.8 Å². The van der Waals surface area contributed by atoms with Crippen molar-refractivity contribution >= 4 is 11.8 Å². The van der Waals surface area contributed by atoms with E-state index >= 15 is 0 Å². The van der Waals surface area contributed by atoms with Gasteiger partial charge in [0, 0.05) is 18.3 Å². The molecular formula is C24H37KO3. The van der Waals surface area contributed by atoms with E-state index in [-0.39, 0.29) is 69.1 Å². The van der Waals surface area contributed by atoms with Crippen molar-refractivity contribution in [1.82, 2.24) is 0 Å². The fourth-order valence-electron chi connectivity index (χ4n) is 8.48. The fourth-order valence-corrected chi connectivity index (χ4v) is 8.48. The van der Waals surface area contributed by atoms with Gasteiger partial charge < -0.3 is 9.90 Å². The molecule has 0 amide bonds. The molecular weight excluding hydrogens is 375 g/mol. The van der Waals surface area contributed by atoms with Crippen molar-refractivity contribution in [3.05, 3.63) is 0 Å². The monoisotopic (exact) mass is 412 g/mol. The van der Waals surface area contributed by atoms with Crippen molar-refractivity contribution in [2.75, 3.05) is 0 Å². The summed E-state index contributed by atoms with van der Waals surface area (Å²) in [7, 11) is 0. The van der Waals surface area contributed by atoms with Gasteiger partial charge in [-0.25, -0.2) is 0 Å². The molecule has 4 heteroatoms. The van der Waals surface area contributed by atoms with E-state index < -0.39 is 5.97 Å². The first-order valence-corrected chi connectivity index (χ1v) is 11.5. The molecule has 4 fully saturated rings. The van der Waals surface area contributed by atoms with Gasteiger partial charge in [-0.3, -0.25) is 4.79 Å². The molecule has 0 bridgehead atoms. The SMILES string of the molecule is C[C@H](CCC(=O)[O-])[C@H]1CCC2C3C(=O)C[C@@H]4CCCC[C@]4(C)C3CC[C@@]21C.[K+]. The van der Waals surface area contributed by atoms with Crippen LogP contribution in [0.2, 0.25) is 0 Å². The maximum absolute atomic E-state index is 13.3. The number of ketones is 1. The fraction of sp³-hybridized carbons (Fsp3) is 0.917. The zero-order chi connectivity index (χ0) is 19.4. The summed E-state index contributed by atoms with van der Waals surface area (Å²) >= 11 is 0. The molecule has 0 aromatic heterocycles. The van der Waals surface area contributed by atoms with Crippen molar-refractivity contribution in [1.29, 1.82) is 0 Å². The number of carbonyl (C=O) groups is 2. The van der Waals surface area contributed by atoms with Crippen LogP contribution in [0.25, 0.3) is 0 Å². The minimum atomic E-state index is -0.927. The van der Waals surface area contributed by atoms with E-state index in [4.69, 9.17) is 0 Å². The average molecular weight is 413 g/mol. The third kappa shape index (κ3) is 3.76. The van der Waals surface area contributed by atoms with Crippen molar-refractivity contribution in [3.8, 4) is 0 Å². The number of Topliss-reactive ketones (excluding diaryl/α,β-unsaturated/α-hetero) is 1. The number of carbonyl (C=O) groups excluding carboxylic acids is 2. The minimum Gasteiger partial charge on any atom is -0.550 e. The Morgan fingerprint density at radius 2 is 1.79 bits per heavy atom. The second-order valence-corrected chi connectivity index (χ2v) is 11.0. The van der Waals surface area contributed by atoms with Crippen LogP contribution in [0.4, 0.5) is 0 Å². The maximum atomic E-state index is 13.3. The number of hydrogen-bond acceptors (Lipinski definition) is 3. The maximum Gasteiger partial charge on any atom is 1.00 e. The van der Waals surface area contributed by atoms with Crippen LogP contribution in [0.15, 0.2) is 0 Å². The standard InChI is InChI=1S/C24H38O3.K/c1-15(7-10-21(26)27)17-8-9-18-22-19(11-13-24(17,18)3)23(2)12-5-4-6-16(23)14-20(22)25;/h15-19,22H,4-14H2,1-3H3,(H,26,27);/q;+1/p-1/t15-,16+,17-,18?,19?,22?,23+,24-;/m1./s1. The molecule has 0 aromatic rings. The number of carboxylic acids is 1. The Bertz CT molecular complexity index is 619. The summed E-state index contributed by atoms with van der Waals surface area (Å²) in [5, 5.41) is 10.9. The Labute approximate surface area is 213 Å². The Kier molecular flexibility index (Phi) is 7.30. The molecule has 4 aliphatic rings. The van der Waals surface area contributed by atoms with Crippen LogP contribution >= 0.6 is 0 Å². The van der Waals surface area contributed by atoms with Crippen LogP contribution in [0.5, 0.6) is 0 Å². The second-order valence-electron chi connectivity index (χ2n) is 11.0. The quantitative estimate of drug-likeness (QED) is 0.656. The zero-order valence-corrected chi connectivity index (χ0v) is 21.6. The van der Waals surface area contributed by atoms with Crippen molar-refractivity contribution in [2.45, 2.75) is 91.4 Å². The number of fused-ring (bicyclic) bond motifs is 5. The number of rotatable bonds is 4. The molecule has 4 rings (SSSR count). The van der Waals surface area contributed by atoms with Crippen LogP contribution in [-0.4, -0.2) is 11.8 Å². The van der Waals surface area contributed by atoms with E-state index in [1.54, 1.807) is 0 Å². The van der Waals surface area contributed by atoms with Crippen molar-refractivity contribution < 1.29 is 66.1 Å². The molecule has 0 heterocycles. The largest absolute Gasteiger partial charge is 1.00 e. The Morgan fingerprint density at radius 3 is 2.50 bits per heavy atom. The van der Waals surface area contributed by atoms with Gasteiger partial charge in [-0.2, -0.15) is 0 Å². The summed E-state index contributed by atoms with van der Waals surface area (Å²) in [4.78, 5) is 24.2. The first kappa shape index (κ1) is 23.4. The van der Waals surface area contributed by atoms with Gasteiger partial charge in [0.15, 0.2) is 0 Å². The molecule has 0 saturated heterocycles. The Morgan fingerprint density at radius 1 is 1.07 bits per heavy atom. The second kappa shape index (κ2) is 8.72. The molecule has 0 radical (unpaired) electrons. The summed E-state index contributed by atoms with van der Waals surface area (Å²) in [6, 6.07) is 0. The van der Waals surface area contributed by atoms with Gasteiger partial charge in [0.05, 0.1) is 0 Å². The molecule has 152 valence electrons. The van der Waals surface area contributed by atoms with Gasteiger partial charge in [0.25, 0.3) is 0 Å². The van der Waals surface area contributed by atoms with Gasteiger partial charge in [-0.1, -0.05) is 33.6 Å². The third-order valence-corrected chi connectivity index (χ3v) is 9.95. The molecule has 28 heavy (non-hydrogen) atoms. The van der Waals surface area contributed by atoms with Crippen LogP contribution < -0.4 is 56.5 Å². The molecule has 0 N–H and O–H groups in total. The van der Waals surface area contributed by atoms with E-state index in [0.29, 0.717) is 40.8 Å². The van der Waals surface area contributed by atoms with E-state index in [1.165, 1.54) is 51.4 Å². The van der Waals surface area contributed by atoms with E-state index in [9.17, 15) is 14.7 Å². The molecule has 3 nitrogen and oxygen atoms in total.